The zero-order valence-electron chi connectivity index (χ0n) is 21.8. The Hall–Kier alpha value is -4.33. The second-order valence-electron chi connectivity index (χ2n) is 9.57. The Bertz CT molecular complexity index is 1520. The maximum Gasteiger partial charge on any atom is 0.296 e. The highest BCUT2D eigenvalue weighted by molar-refractivity contribution is 6.46. The maximum atomic E-state index is 13.5. The van der Waals surface area contributed by atoms with Gasteiger partial charge in [0.2, 0.25) is 0 Å². The quantitative estimate of drug-likeness (QED) is 0.133. The summed E-state index contributed by atoms with van der Waals surface area (Å²) in [4.78, 5) is 32.9. The Morgan fingerprint density at radius 1 is 1.11 bits per heavy atom. The number of imidazole rings is 1. The maximum absolute atomic E-state index is 13.5. The van der Waals surface area contributed by atoms with E-state index in [1.807, 2.05) is 60.8 Å². The normalized spacial score (nSPS) is 17.0. The first-order valence-electron chi connectivity index (χ1n) is 12.9. The van der Waals surface area contributed by atoms with Crippen LogP contribution in [0, 0.1) is 13.8 Å². The number of amides is 1. The van der Waals surface area contributed by atoms with Crippen molar-refractivity contribution in [3.63, 3.8) is 0 Å². The number of pyridine rings is 1. The standard InChI is InChI=1S/C30H31N3O5/c1-4-5-6-15-37-22-12-7-11-21(17-22)26-24(28(35)30(36)33(26)18-23-13-9-16-38-23)27(34)25-20(3)32-14-8-10-19(2)29(32)31-25/h7-14,16-17,26,34H,4-6,15,18H2,1-3H3/b27-24+. The van der Waals surface area contributed by atoms with E-state index in [0.29, 0.717) is 35.0 Å². The number of ether oxygens (including phenoxy) is 1. The Kier molecular flexibility index (Phi) is 7.05. The summed E-state index contributed by atoms with van der Waals surface area (Å²) in [6.07, 6.45) is 6.47. The molecular formula is C30H31N3O5. The number of nitrogens with zero attached hydrogens (tertiary/aromatic N) is 3. The fraction of sp³-hybridized carbons (Fsp3) is 0.300. The van der Waals surface area contributed by atoms with E-state index in [-0.39, 0.29) is 23.6 Å². The molecule has 1 fully saturated rings. The summed E-state index contributed by atoms with van der Waals surface area (Å²) >= 11 is 0. The minimum Gasteiger partial charge on any atom is -0.505 e. The van der Waals surface area contributed by atoms with Gasteiger partial charge in [-0.2, -0.15) is 0 Å². The number of hydrogen-bond acceptors (Lipinski definition) is 6. The van der Waals surface area contributed by atoms with Crippen LogP contribution in [0.25, 0.3) is 11.4 Å². The van der Waals surface area contributed by atoms with Gasteiger partial charge in [-0.1, -0.05) is 38.0 Å². The summed E-state index contributed by atoms with van der Waals surface area (Å²) in [5.74, 6) is -0.600. The average Bonchev–Trinajstić information content (AvgIpc) is 3.62. The molecule has 0 radical (unpaired) electrons. The second kappa shape index (κ2) is 10.6. The van der Waals surface area contributed by atoms with Gasteiger partial charge in [0.05, 0.1) is 36.7 Å². The van der Waals surface area contributed by atoms with Crippen LogP contribution in [-0.4, -0.2) is 37.7 Å². The van der Waals surface area contributed by atoms with Crippen molar-refractivity contribution in [3.05, 3.63) is 94.8 Å². The number of fused-ring (bicyclic) bond motifs is 1. The minimum atomic E-state index is -0.843. The molecule has 38 heavy (non-hydrogen) atoms. The zero-order chi connectivity index (χ0) is 26.8. The number of aromatic nitrogens is 2. The van der Waals surface area contributed by atoms with Crippen LogP contribution in [-0.2, 0) is 16.1 Å². The molecule has 196 valence electrons. The third kappa shape index (κ3) is 4.58. The summed E-state index contributed by atoms with van der Waals surface area (Å²) in [6, 6.07) is 13.8. The molecule has 8 nitrogen and oxygen atoms in total. The molecule has 1 N–H and O–H groups in total. The van der Waals surface area contributed by atoms with Gasteiger partial charge >= 0.3 is 0 Å². The van der Waals surface area contributed by atoms with Crippen molar-refractivity contribution in [2.24, 2.45) is 0 Å². The van der Waals surface area contributed by atoms with E-state index in [2.05, 4.69) is 11.9 Å². The van der Waals surface area contributed by atoms with Crippen molar-refractivity contribution >= 4 is 23.1 Å². The molecule has 8 heteroatoms. The predicted octanol–water partition coefficient (Wildman–Crippen LogP) is 5.74. The molecule has 1 saturated heterocycles. The number of aryl methyl sites for hydroxylation is 2. The number of benzene rings is 1. The van der Waals surface area contributed by atoms with Crippen LogP contribution in [0.4, 0.5) is 0 Å². The van der Waals surface area contributed by atoms with Crippen LogP contribution in [0.15, 0.2) is 71.0 Å². The Morgan fingerprint density at radius 3 is 2.68 bits per heavy atom. The minimum absolute atomic E-state index is 0.00570. The number of furan rings is 1. The predicted molar refractivity (Wildman–Crippen MR) is 143 cm³/mol. The summed E-state index contributed by atoms with van der Waals surface area (Å²) in [5, 5.41) is 11.6. The van der Waals surface area contributed by atoms with Gasteiger partial charge < -0.3 is 23.6 Å². The summed E-state index contributed by atoms with van der Waals surface area (Å²) in [6.45, 7) is 6.54. The molecule has 1 amide bonds. The van der Waals surface area contributed by atoms with Crippen molar-refractivity contribution in [1.82, 2.24) is 14.3 Å². The molecule has 5 rings (SSSR count). The van der Waals surface area contributed by atoms with Crippen LogP contribution in [0.1, 0.15) is 60.5 Å². The Balaban J connectivity index is 1.62. The van der Waals surface area contributed by atoms with Crippen molar-refractivity contribution in [2.75, 3.05) is 6.61 Å². The van der Waals surface area contributed by atoms with Crippen LogP contribution < -0.4 is 4.74 Å². The molecular weight excluding hydrogens is 482 g/mol. The molecule has 1 aromatic carbocycles. The fourth-order valence-corrected chi connectivity index (χ4v) is 4.95. The average molecular weight is 514 g/mol. The molecule has 0 spiro atoms. The van der Waals surface area contributed by atoms with E-state index in [1.165, 1.54) is 11.2 Å². The van der Waals surface area contributed by atoms with Crippen molar-refractivity contribution in [1.29, 1.82) is 0 Å². The number of carbonyl (C=O) groups excluding carboxylic acids is 2. The number of rotatable bonds is 9. The lowest BCUT2D eigenvalue weighted by molar-refractivity contribution is -0.140. The highest BCUT2D eigenvalue weighted by atomic mass is 16.5. The number of ketones is 1. The van der Waals surface area contributed by atoms with E-state index in [0.717, 1.165) is 24.8 Å². The van der Waals surface area contributed by atoms with Gasteiger partial charge in [-0.3, -0.25) is 9.59 Å². The molecule has 0 aliphatic carbocycles. The van der Waals surface area contributed by atoms with Gasteiger partial charge in [-0.25, -0.2) is 4.98 Å². The van der Waals surface area contributed by atoms with Crippen LogP contribution in [0.2, 0.25) is 0 Å². The lowest BCUT2D eigenvalue weighted by Gasteiger charge is -2.24. The number of carbonyl (C=O) groups is 2. The Labute approximate surface area is 221 Å². The number of hydrogen-bond donors (Lipinski definition) is 1. The fourth-order valence-electron chi connectivity index (χ4n) is 4.95. The van der Waals surface area contributed by atoms with Crippen LogP contribution in [0.5, 0.6) is 5.75 Å². The van der Waals surface area contributed by atoms with Gasteiger partial charge in [0, 0.05) is 6.20 Å². The molecule has 0 saturated carbocycles. The van der Waals surface area contributed by atoms with Crippen LogP contribution in [0.3, 0.4) is 0 Å². The third-order valence-corrected chi connectivity index (χ3v) is 6.95. The second-order valence-corrected chi connectivity index (χ2v) is 9.57. The lowest BCUT2D eigenvalue weighted by atomic mass is 9.96. The first kappa shape index (κ1) is 25.3. The zero-order valence-corrected chi connectivity index (χ0v) is 21.8. The summed E-state index contributed by atoms with van der Waals surface area (Å²) < 4.78 is 13.3. The van der Waals surface area contributed by atoms with E-state index in [1.54, 1.807) is 12.1 Å². The number of likely N-dealkylation sites (tertiary alicyclic amines) is 1. The van der Waals surface area contributed by atoms with Gasteiger partial charge in [-0.15, -0.1) is 0 Å². The van der Waals surface area contributed by atoms with E-state index in [9.17, 15) is 14.7 Å². The molecule has 0 bridgehead atoms. The smallest absolute Gasteiger partial charge is 0.296 e. The molecule has 1 atom stereocenters. The molecule has 1 aliphatic rings. The SMILES string of the molecule is CCCCCOc1cccc(C2/C(=C(\O)c3nc4c(C)cccn4c3C)C(=O)C(=O)N2Cc2ccco2)c1. The van der Waals surface area contributed by atoms with Crippen molar-refractivity contribution < 1.29 is 23.8 Å². The highest BCUT2D eigenvalue weighted by Gasteiger charge is 2.47. The van der Waals surface area contributed by atoms with Crippen molar-refractivity contribution in [3.8, 4) is 5.75 Å². The molecule has 1 unspecified atom stereocenters. The summed E-state index contributed by atoms with van der Waals surface area (Å²) in [5.41, 5.74) is 3.20. The van der Waals surface area contributed by atoms with E-state index in [4.69, 9.17) is 9.15 Å². The molecule has 4 aromatic rings. The first-order chi connectivity index (χ1) is 18.4. The third-order valence-electron chi connectivity index (χ3n) is 6.95. The number of unbranched alkanes of at least 4 members (excludes halogenated alkanes) is 2. The van der Waals surface area contributed by atoms with Gasteiger partial charge in [0.1, 0.15) is 22.9 Å². The number of aliphatic hydroxyl groups excluding tert-OH is 1. The molecule has 4 heterocycles. The number of aliphatic hydroxyl groups is 1. The van der Waals surface area contributed by atoms with Gasteiger partial charge in [-0.05, 0) is 61.7 Å². The van der Waals surface area contributed by atoms with Gasteiger partial charge in [0.25, 0.3) is 11.7 Å². The van der Waals surface area contributed by atoms with E-state index >= 15 is 0 Å². The molecule has 1 aliphatic heterocycles. The molecule has 3 aromatic heterocycles. The highest BCUT2D eigenvalue weighted by Crippen LogP contribution is 2.41. The largest absolute Gasteiger partial charge is 0.505 e. The van der Waals surface area contributed by atoms with Crippen LogP contribution >= 0.6 is 0 Å². The summed E-state index contributed by atoms with van der Waals surface area (Å²) in [7, 11) is 0. The lowest BCUT2D eigenvalue weighted by Crippen LogP contribution is -2.29. The Morgan fingerprint density at radius 2 is 1.95 bits per heavy atom. The van der Waals surface area contributed by atoms with Crippen molar-refractivity contribution in [2.45, 2.75) is 52.6 Å². The van der Waals surface area contributed by atoms with Gasteiger partial charge in [0.15, 0.2) is 5.76 Å². The van der Waals surface area contributed by atoms with E-state index < -0.39 is 17.7 Å². The monoisotopic (exact) mass is 513 g/mol. The number of Topliss-reactive ketones (excluding diaryl/α,β-unsaturated/α-hetero) is 1. The topological polar surface area (TPSA) is 97.3 Å². The first-order valence-corrected chi connectivity index (χ1v) is 12.9.